The van der Waals surface area contributed by atoms with Crippen molar-refractivity contribution in [3.8, 4) is 0 Å². The molecule has 0 aliphatic carbocycles. The third-order valence-corrected chi connectivity index (χ3v) is 7.75. The molecular formula is C27H36N6O3. The summed E-state index contributed by atoms with van der Waals surface area (Å²) < 4.78 is 5.43. The fourth-order valence-corrected chi connectivity index (χ4v) is 5.82. The first-order valence-electron chi connectivity index (χ1n) is 13.0. The number of ether oxygens (including phenoxy) is 1. The zero-order valence-corrected chi connectivity index (χ0v) is 21.2. The van der Waals surface area contributed by atoms with Crippen LogP contribution >= 0.6 is 0 Å². The lowest BCUT2D eigenvalue weighted by molar-refractivity contribution is -0.117. The van der Waals surface area contributed by atoms with Gasteiger partial charge in [0.15, 0.2) is 0 Å². The van der Waals surface area contributed by atoms with E-state index in [2.05, 4.69) is 32.3 Å². The number of carbonyl (C=O) groups excluding carboxylic acids is 2. The topological polar surface area (TPSA) is 114 Å². The summed E-state index contributed by atoms with van der Waals surface area (Å²) in [6, 6.07) is 8.68. The quantitative estimate of drug-likeness (QED) is 0.610. The van der Waals surface area contributed by atoms with Gasteiger partial charge in [0, 0.05) is 69.4 Å². The van der Waals surface area contributed by atoms with E-state index in [0.29, 0.717) is 42.2 Å². The van der Waals surface area contributed by atoms with Crippen molar-refractivity contribution < 1.29 is 14.3 Å². The number of fused-ring (bicyclic) bond motifs is 1. The smallest absolute Gasteiger partial charge is 0.257 e. The van der Waals surface area contributed by atoms with Crippen LogP contribution in [0.15, 0.2) is 24.3 Å². The van der Waals surface area contributed by atoms with Crippen LogP contribution < -0.4 is 16.0 Å². The molecule has 3 fully saturated rings. The van der Waals surface area contributed by atoms with Crippen molar-refractivity contribution in [3.05, 3.63) is 46.8 Å². The first-order valence-corrected chi connectivity index (χ1v) is 13.0. The average molecular weight is 493 g/mol. The van der Waals surface area contributed by atoms with Gasteiger partial charge in [0.1, 0.15) is 0 Å². The number of rotatable bonds is 7. The number of carbonyl (C=O) groups is 2. The summed E-state index contributed by atoms with van der Waals surface area (Å²) in [4.78, 5) is 38.3. The van der Waals surface area contributed by atoms with Crippen LogP contribution in [0.2, 0.25) is 0 Å². The molecule has 0 radical (unpaired) electrons. The van der Waals surface area contributed by atoms with Crippen LogP contribution in [0.25, 0.3) is 0 Å². The summed E-state index contributed by atoms with van der Waals surface area (Å²) in [6.07, 6.45) is 2.90. The maximum atomic E-state index is 13.5. The van der Waals surface area contributed by atoms with E-state index in [-0.39, 0.29) is 11.8 Å². The van der Waals surface area contributed by atoms with Crippen LogP contribution in [-0.2, 0) is 16.0 Å². The molecule has 2 atom stereocenters. The van der Waals surface area contributed by atoms with E-state index in [9.17, 15) is 9.59 Å². The van der Waals surface area contributed by atoms with E-state index in [1.807, 2.05) is 30.9 Å². The minimum Gasteiger partial charge on any atom is -0.381 e. The molecule has 1 aromatic carbocycles. The second-order valence-electron chi connectivity index (χ2n) is 10.4. The third kappa shape index (κ3) is 5.31. The van der Waals surface area contributed by atoms with Gasteiger partial charge < -0.3 is 25.6 Å². The van der Waals surface area contributed by atoms with Crippen LogP contribution in [0, 0.1) is 25.7 Å². The van der Waals surface area contributed by atoms with Gasteiger partial charge in [-0.05, 0) is 50.8 Å². The van der Waals surface area contributed by atoms with Crippen LogP contribution in [-0.4, -0.2) is 72.1 Å². The molecule has 9 nitrogen and oxygen atoms in total. The van der Waals surface area contributed by atoms with Gasteiger partial charge in [0.25, 0.3) is 5.91 Å². The Kier molecular flexibility index (Phi) is 7.09. The van der Waals surface area contributed by atoms with E-state index < -0.39 is 0 Å². The Hall–Kier alpha value is -3.20. The van der Waals surface area contributed by atoms with E-state index in [1.54, 1.807) is 0 Å². The molecule has 0 bridgehead atoms. The van der Waals surface area contributed by atoms with Gasteiger partial charge in [-0.3, -0.25) is 9.59 Å². The van der Waals surface area contributed by atoms with Crippen molar-refractivity contribution in [1.29, 1.82) is 0 Å². The zero-order valence-electron chi connectivity index (χ0n) is 21.2. The highest BCUT2D eigenvalue weighted by molar-refractivity contribution is 5.96. The molecule has 4 heterocycles. The van der Waals surface area contributed by atoms with E-state index in [0.717, 1.165) is 69.2 Å². The van der Waals surface area contributed by atoms with Crippen molar-refractivity contribution in [1.82, 2.24) is 14.9 Å². The summed E-state index contributed by atoms with van der Waals surface area (Å²) >= 11 is 0. The lowest BCUT2D eigenvalue weighted by Crippen LogP contribution is -2.34. The molecule has 3 N–H and O–H groups in total. The number of amides is 2. The Balaban J connectivity index is 1.21. The Bertz CT molecular complexity index is 1100. The Morgan fingerprint density at radius 2 is 1.72 bits per heavy atom. The molecule has 2 unspecified atom stereocenters. The minimum absolute atomic E-state index is 0.0389. The van der Waals surface area contributed by atoms with E-state index in [1.165, 1.54) is 5.69 Å². The molecule has 3 aliphatic heterocycles. The molecule has 2 aromatic rings. The molecule has 192 valence electrons. The van der Waals surface area contributed by atoms with Crippen molar-refractivity contribution in [2.45, 2.75) is 45.6 Å². The van der Waals surface area contributed by atoms with Gasteiger partial charge in [-0.15, -0.1) is 0 Å². The lowest BCUT2D eigenvalue weighted by atomic mass is 10.0. The number of hydrogen-bond acceptors (Lipinski definition) is 7. The lowest BCUT2D eigenvalue weighted by Gasteiger charge is -2.25. The molecule has 3 saturated heterocycles. The van der Waals surface area contributed by atoms with Gasteiger partial charge in [0.2, 0.25) is 11.9 Å². The predicted molar refractivity (Wildman–Crippen MR) is 138 cm³/mol. The standard InChI is InChI=1S/C27H36N6O3/c1-17-25(18(2)30-27(29-17)31-22-8-10-36-11-9-22)26(35)33-15-20-13-32(14-21(20)16-33)23-5-3-4-19(12-23)6-7-24(28)34/h3-5,12,20-22H,6-11,13-16H2,1-2H3,(H2,28,34)(H,29,30,31). The number of likely N-dealkylation sites (tertiary alicyclic amines) is 1. The summed E-state index contributed by atoms with van der Waals surface area (Å²) in [5, 5.41) is 3.41. The SMILES string of the molecule is Cc1nc(NC2CCOCC2)nc(C)c1C(=O)N1CC2CN(c3cccc(CCC(N)=O)c3)CC2C1. The largest absolute Gasteiger partial charge is 0.381 e. The Labute approximate surface area is 212 Å². The first kappa shape index (κ1) is 24.5. The minimum atomic E-state index is -0.276. The maximum Gasteiger partial charge on any atom is 0.257 e. The molecule has 5 rings (SSSR count). The Morgan fingerprint density at radius 3 is 2.36 bits per heavy atom. The van der Waals surface area contributed by atoms with Crippen molar-refractivity contribution >= 4 is 23.5 Å². The van der Waals surface area contributed by atoms with Crippen LogP contribution in [0.5, 0.6) is 0 Å². The van der Waals surface area contributed by atoms with Gasteiger partial charge in [-0.2, -0.15) is 0 Å². The fourth-order valence-electron chi connectivity index (χ4n) is 5.82. The molecule has 36 heavy (non-hydrogen) atoms. The normalized spacial score (nSPS) is 22.1. The summed E-state index contributed by atoms with van der Waals surface area (Å²) in [5.74, 6) is 1.25. The van der Waals surface area contributed by atoms with Gasteiger partial charge in [0.05, 0.1) is 17.0 Å². The number of primary amides is 1. The molecule has 9 heteroatoms. The van der Waals surface area contributed by atoms with Crippen LogP contribution in [0.4, 0.5) is 11.6 Å². The molecular weight excluding hydrogens is 456 g/mol. The number of anilines is 2. The summed E-state index contributed by atoms with van der Waals surface area (Å²) in [5.41, 5.74) is 9.70. The van der Waals surface area contributed by atoms with Crippen molar-refractivity contribution in [2.24, 2.45) is 17.6 Å². The second kappa shape index (κ2) is 10.4. The highest BCUT2D eigenvalue weighted by Crippen LogP contribution is 2.35. The summed E-state index contributed by atoms with van der Waals surface area (Å²) in [6.45, 7) is 8.67. The maximum absolute atomic E-state index is 13.5. The number of aryl methyl sites for hydroxylation is 3. The Morgan fingerprint density at radius 1 is 1.06 bits per heavy atom. The van der Waals surface area contributed by atoms with Crippen molar-refractivity contribution in [2.75, 3.05) is 49.6 Å². The van der Waals surface area contributed by atoms with E-state index >= 15 is 0 Å². The second-order valence-corrected chi connectivity index (χ2v) is 10.4. The number of hydrogen-bond donors (Lipinski definition) is 2. The molecule has 0 spiro atoms. The average Bonchev–Trinajstić information content (AvgIpc) is 3.43. The molecule has 0 saturated carbocycles. The highest BCUT2D eigenvalue weighted by Gasteiger charge is 2.42. The van der Waals surface area contributed by atoms with Gasteiger partial charge >= 0.3 is 0 Å². The predicted octanol–water partition coefficient (Wildman–Crippen LogP) is 2.31. The van der Waals surface area contributed by atoms with Crippen LogP contribution in [0.3, 0.4) is 0 Å². The van der Waals surface area contributed by atoms with Gasteiger partial charge in [-0.25, -0.2) is 9.97 Å². The van der Waals surface area contributed by atoms with Gasteiger partial charge in [-0.1, -0.05) is 12.1 Å². The number of nitrogens with two attached hydrogens (primary N) is 1. The fraction of sp³-hybridized carbons (Fsp3) is 0.556. The zero-order chi connectivity index (χ0) is 25.2. The molecule has 2 amide bonds. The number of nitrogens with zero attached hydrogens (tertiary/aromatic N) is 4. The monoisotopic (exact) mass is 492 g/mol. The number of benzene rings is 1. The van der Waals surface area contributed by atoms with E-state index in [4.69, 9.17) is 10.5 Å². The molecule has 1 aromatic heterocycles. The third-order valence-electron chi connectivity index (χ3n) is 7.75. The van der Waals surface area contributed by atoms with Crippen molar-refractivity contribution in [3.63, 3.8) is 0 Å². The number of aromatic nitrogens is 2. The first-order chi connectivity index (χ1) is 17.4. The molecule has 3 aliphatic rings. The summed E-state index contributed by atoms with van der Waals surface area (Å²) in [7, 11) is 0. The van der Waals surface area contributed by atoms with Crippen LogP contribution in [0.1, 0.15) is 46.6 Å². The highest BCUT2D eigenvalue weighted by atomic mass is 16.5. The number of nitrogens with one attached hydrogen (secondary N) is 1.